The molecule has 162 valence electrons. The fourth-order valence-corrected chi connectivity index (χ4v) is 4.16. The molecule has 0 saturated carbocycles. The number of likely N-dealkylation sites (tertiary alicyclic amines) is 1. The summed E-state index contributed by atoms with van der Waals surface area (Å²) in [4.78, 5) is 7.09. The lowest BCUT2D eigenvalue weighted by Crippen LogP contribution is -2.33. The predicted molar refractivity (Wildman–Crippen MR) is 113 cm³/mol. The molecule has 8 heteroatoms. The number of ether oxygens (including phenoxy) is 1. The molecule has 1 aromatic heterocycles. The van der Waals surface area contributed by atoms with Crippen LogP contribution >= 0.6 is 12.4 Å². The molecule has 0 spiro atoms. The van der Waals surface area contributed by atoms with E-state index in [9.17, 15) is 13.2 Å². The van der Waals surface area contributed by atoms with E-state index in [0.717, 1.165) is 67.0 Å². The molecule has 4 nitrogen and oxygen atoms in total. The van der Waals surface area contributed by atoms with E-state index in [4.69, 9.17) is 9.72 Å². The molecule has 0 amide bonds. The highest BCUT2D eigenvalue weighted by Gasteiger charge is 2.32. The van der Waals surface area contributed by atoms with Gasteiger partial charge in [0.25, 0.3) is 0 Å². The standard InChI is InChI=1S/C22H24F3N3O.ClH/c1-27-19-6-4-3-5-18(19)26-21(27)14-28-11-9-15(10-12-28)17-8-7-16(22(23,24)25)13-20(17)29-2;/h3-8,13,15H,9-12,14H2,1-2H3;1H. The van der Waals surface area contributed by atoms with Gasteiger partial charge in [0.1, 0.15) is 11.6 Å². The second kappa shape index (κ2) is 8.86. The highest BCUT2D eigenvalue weighted by atomic mass is 35.5. The number of fused-ring (bicyclic) bond motifs is 1. The Labute approximate surface area is 180 Å². The number of rotatable bonds is 4. The van der Waals surface area contributed by atoms with Crippen molar-refractivity contribution in [2.24, 2.45) is 7.05 Å². The number of hydrogen-bond acceptors (Lipinski definition) is 3. The third kappa shape index (κ3) is 4.42. The number of halogens is 4. The van der Waals surface area contributed by atoms with Crippen molar-refractivity contribution in [3.8, 4) is 5.75 Å². The molecular formula is C22H25ClF3N3O. The van der Waals surface area contributed by atoms with Crippen molar-refractivity contribution in [3.05, 3.63) is 59.4 Å². The first-order valence-corrected chi connectivity index (χ1v) is 9.74. The minimum Gasteiger partial charge on any atom is -0.496 e. The van der Waals surface area contributed by atoms with Crippen LogP contribution in [0, 0.1) is 0 Å². The number of methoxy groups -OCH3 is 1. The van der Waals surface area contributed by atoms with Crippen LogP contribution in [0.5, 0.6) is 5.75 Å². The molecule has 4 rings (SSSR count). The Bertz CT molecular complexity index is 1010. The van der Waals surface area contributed by atoms with Crippen LogP contribution in [0.4, 0.5) is 13.2 Å². The van der Waals surface area contributed by atoms with Gasteiger partial charge in [-0.1, -0.05) is 18.2 Å². The summed E-state index contributed by atoms with van der Waals surface area (Å²) in [6.07, 6.45) is -2.60. The maximum atomic E-state index is 13.0. The van der Waals surface area contributed by atoms with E-state index in [2.05, 4.69) is 15.5 Å². The van der Waals surface area contributed by atoms with E-state index < -0.39 is 11.7 Å². The van der Waals surface area contributed by atoms with Crippen molar-refractivity contribution in [3.63, 3.8) is 0 Å². The number of aromatic nitrogens is 2. The van der Waals surface area contributed by atoms with E-state index in [1.165, 1.54) is 7.11 Å². The number of alkyl halides is 3. The lowest BCUT2D eigenvalue weighted by Gasteiger charge is -2.32. The first-order chi connectivity index (χ1) is 13.9. The van der Waals surface area contributed by atoms with E-state index in [1.54, 1.807) is 6.07 Å². The van der Waals surface area contributed by atoms with E-state index >= 15 is 0 Å². The topological polar surface area (TPSA) is 30.3 Å². The van der Waals surface area contributed by atoms with E-state index in [0.29, 0.717) is 5.75 Å². The molecule has 0 unspecified atom stereocenters. The summed E-state index contributed by atoms with van der Waals surface area (Å²) < 4.78 is 46.3. The molecule has 1 aliphatic heterocycles. The number of hydrogen-bond donors (Lipinski definition) is 0. The minimum absolute atomic E-state index is 0. The maximum Gasteiger partial charge on any atom is 0.416 e. The predicted octanol–water partition coefficient (Wildman–Crippen LogP) is 5.40. The number of para-hydroxylation sites is 2. The molecule has 1 aliphatic rings. The zero-order valence-electron chi connectivity index (χ0n) is 16.9. The van der Waals surface area contributed by atoms with E-state index in [-0.39, 0.29) is 18.3 Å². The Kier molecular flexibility index (Phi) is 6.62. The van der Waals surface area contributed by atoms with Crippen molar-refractivity contribution in [1.82, 2.24) is 14.5 Å². The van der Waals surface area contributed by atoms with Gasteiger partial charge in [0.05, 0.1) is 30.3 Å². The zero-order chi connectivity index (χ0) is 20.6. The van der Waals surface area contributed by atoms with Crippen LogP contribution in [0.25, 0.3) is 11.0 Å². The third-order valence-electron chi connectivity index (χ3n) is 5.83. The average Bonchev–Trinajstić information content (AvgIpc) is 3.03. The smallest absolute Gasteiger partial charge is 0.416 e. The molecule has 2 aromatic carbocycles. The number of piperidine rings is 1. The largest absolute Gasteiger partial charge is 0.496 e. The van der Waals surface area contributed by atoms with Crippen molar-refractivity contribution >= 4 is 23.4 Å². The molecule has 0 radical (unpaired) electrons. The van der Waals surface area contributed by atoms with Crippen molar-refractivity contribution in [1.29, 1.82) is 0 Å². The van der Waals surface area contributed by atoms with Crippen molar-refractivity contribution in [2.75, 3.05) is 20.2 Å². The van der Waals surface area contributed by atoms with Crippen LogP contribution in [0.1, 0.15) is 35.7 Å². The second-order valence-corrected chi connectivity index (χ2v) is 7.58. The fraction of sp³-hybridized carbons (Fsp3) is 0.409. The molecule has 0 N–H and O–H groups in total. The molecule has 0 bridgehead atoms. The number of imidazole rings is 1. The molecule has 30 heavy (non-hydrogen) atoms. The summed E-state index contributed by atoms with van der Waals surface area (Å²) in [5, 5.41) is 0. The average molecular weight is 440 g/mol. The van der Waals surface area contributed by atoms with Gasteiger partial charge < -0.3 is 9.30 Å². The molecule has 0 atom stereocenters. The van der Waals surface area contributed by atoms with Crippen LogP contribution in [-0.2, 0) is 19.8 Å². The lowest BCUT2D eigenvalue weighted by atomic mass is 9.88. The molecule has 1 saturated heterocycles. The first kappa shape index (κ1) is 22.4. The van der Waals surface area contributed by atoms with Gasteiger partial charge in [-0.3, -0.25) is 4.90 Å². The fourth-order valence-electron chi connectivity index (χ4n) is 4.16. The van der Waals surface area contributed by atoms with Gasteiger partial charge in [0.15, 0.2) is 0 Å². The summed E-state index contributed by atoms with van der Waals surface area (Å²) in [6, 6.07) is 11.9. The molecule has 1 fully saturated rings. The number of nitrogens with zero attached hydrogens (tertiary/aromatic N) is 3. The summed E-state index contributed by atoms with van der Waals surface area (Å²) in [5.74, 6) is 1.55. The number of benzene rings is 2. The van der Waals surface area contributed by atoms with Crippen LogP contribution in [0.3, 0.4) is 0 Å². The minimum atomic E-state index is -4.36. The Balaban J connectivity index is 0.00000256. The van der Waals surface area contributed by atoms with Crippen LogP contribution in [-0.4, -0.2) is 34.7 Å². The summed E-state index contributed by atoms with van der Waals surface area (Å²) in [5.41, 5.74) is 2.31. The summed E-state index contributed by atoms with van der Waals surface area (Å²) in [6.45, 7) is 2.51. The van der Waals surface area contributed by atoms with Crippen LogP contribution in [0.15, 0.2) is 42.5 Å². The van der Waals surface area contributed by atoms with Gasteiger partial charge in [-0.15, -0.1) is 12.4 Å². The highest BCUT2D eigenvalue weighted by molar-refractivity contribution is 5.85. The van der Waals surface area contributed by atoms with Crippen LogP contribution in [0.2, 0.25) is 0 Å². The summed E-state index contributed by atoms with van der Waals surface area (Å²) in [7, 11) is 3.46. The Morgan fingerprint density at radius 2 is 1.80 bits per heavy atom. The lowest BCUT2D eigenvalue weighted by molar-refractivity contribution is -0.137. The Hall–Kier alpha value is -2.25. The van der Waals surface area contributed by atoms with Gasteiger partial charge in [0, 0.05) is 7.05 Å². The highest BCUT2D eigenvalue weighted by Crippen LogP contribution is 2.38. The Morgan fingerprint density at radius 1 is 1.10 bits per heavy atom. The summed E-state index contributed by atoms with van der Waals surface area (Å²) >= 11 is 0. The van der Waals surface area contributed by atoms with Gasteiger partial charge >= 0.3 is 6.18 Å². The van der Waals surface area contributed by atoms with Gasteiger partial charge in [-0.05, 0) is 61.7 Å². The van der Waals surface area contributed by atoms with Gasteiger partial charge in [-0.2, -0.15) is 13.2 Å². The first-order valence-electron chi connectivity index (χ1n) is 9.74. The Morgan fingerprint density at radius 3 is 2.43 bits per heavy atom. The van der Waals surface area contributed by atoms with Crippen LogP contribution < -0.4 is 4.74 Å². The SMILES string of the molecule is COc1cc(C(F)(F)F)ccc1C1CCN(Cc2nc3ccccc3n2C)CC1.Cl. The molecule has 3 aromatic rings. The molecular weight excluding hydrogens is 415 g/mol. The monoisotopic (exact) mass is 439 g/mol. The van der Waals surface area contributed by atoms with Gasteiger partial charge in [0.2, 0.25) is 0 Å². The molecule has 0 aliphatic carbocycles. The third-order valence-corrected chi connectivity index (χ3v) is 5.83. The zero-order valence-corrected chi connectivity index (χ0v) is 17.8. The maximum absolute atomic E-state index is 13.0. The quantitative estimate of drug-likeness (QED) is 0.545. The normalized spacial score (nSPS) is 15.9. The van der Waals surface area contributed by atoms with Gasteiger partial charge in [-0.25, -0.2) is 4.98 Å². The molecule has 2 heterocycles. The number of aryl methyl sites for hydroxylation is 1. The van der Waals surface area contributed by atoms with E-state index in [1.807, 2.05) is 25.2 Å². The second-order valence-electron chi connectivity index (χ2n) is 7.58. The van der Waals surface area contributed by atoms with Crippen molar-refractivity contribution < 1.29 is 17.9 Å². The van der Waals surface area contributed by atoms with Crippen molar-refractivity contribution in [2.45, 2.75) is 31.5 Å².